The molecule has 0 heterocycles. The van der Waals surface area contributed by atoms with Crippen LogP contribution in [0, 0.1) is 0 Å². The number of anilines is 2. The van der Waals surface area contributed by atoms with Crippen molar-refractivity contribution in [2.24, 2.45) is 0 Å². The molecule has 0 atom stereocenters. The summed E-state index contributed by atoms with van der Waals surface area (Å²) in [5.74, 6) is 0. The first-order valence-corrected chi connectivity index (χ1v) is 3.58. The van der Waals surface area contributed by atoms with E-state index in [1.807, 2.05) is 0 Å². The van der Waals surface area contributed by atoms with Gasteiger partial charge in [0.25, 0.3) is 0 Å². The molecule has 1 rings (SSSR count). The standard InChI is InChI=1S/C6H8N2S2/c7-3-1-2-4(8)6(10)5(3)9/h1-2,9-10H,7-8H2. The van der Waals surface area contributed by atoms with Gasteiger partial charge in [0.1, 0.15) is 0 Å². The summed E-state index contributed by atoms with van der Waals surface area (Å²) < 4.78 is 0. The average Bonchev–Trinajstić information content (AvgIpc) is 1.93. The molecular weight excluding hydrogens is 164 g/mol. The minimum atomic E-state index is 0.600. The van der Waals surface area contributed by atoms with Crippen LogP contribution in [-0.2, 0) is 0 Å². The second-order valence-electron chi connectivity index (χ2n) is 1.94. The maximum absolute atomic E-state index is 5.51. The highest BCUT2D eigenvalue weighted by molar-refractivity contribution is 7.83. The highest BCUT2D eigenvalue weighted by Crippen LogP contribution is 2.29. The number of hydrogen-bond donors (Lipinski definition) is 4. The van der Waals surface area contributed by atoms with Crippen molar-refractivity contribution in [1.29, 1.82) is 0 Å². The lowest BCUT2D eigenvalue weighted by molar-refractivity contribution is 1.28. The summed E-state index contributed by atoms with van der Waals surface area (Å²) in [7, 11) is 0. The van der Waals surface area contributed by atoms with Crippen LogP contribution in [0.25, 0.3) is 0 Å². The van der Waals surface area contributed by atoms with E-state index >= 15 is 0 Å². The Morgan fingerprint density at radius 3 is 1.50 bits per heavy atom. The van der Waals surface area contributed by atoms with Gasteiger partial charge in [-0.3, -0.25) is 0 Å². The molecule has 1 aromatic carbocycles. The highest BCUT2D eigenvalue weighted by Gasteiger charge is 2.01. The molecule has 0 radical (unpaired) electrons. The molecule has 0 unspecified atom stereocenters. The van der Waals surface area contributed by atoms with E-state index in [0.29, 0.717) is 21.2 Å². The predicted octanol–water partition coefficient (Wildman–Crippen LogP) is 1.43. The topological polar surface area (TPSA) is 52.0 Å². The van der Waals surface area contributed by atoms with Crippen LogP contribution in [0.15, 0.2) is 21.9 Å². The lowest BCUT2D eigenvalue weighted by Crippen LogP contribution is -1.92. The lowest BCUT2D eigenvalue weighted by atomic mass is 10.3. The largest absolute Gasteiger partial charge is 0.398 e. The van der Waals surface area contributed by atoms with E-state index in [1.165, 1.54) is 0 Å². The fourth-order valence-electron chi connectivity index (χ4n) is 0.611. The first kappa shape index (κ1) is 7.63. The van der Waals surface area contributed by atoms with Gasteiger partial charge in [-0.25, -0.2) is 0 Å². The van der Waals surface area contributed by atoms with Crippen LogP contribution in [0.3, 0.4) is 0 Å². The van der Waals surface area contributed by atoms with Gasteiger partial charge in [-0.15, -0.1) is 25.3 Å². The van der Waals surface area contributed by atoms with E-state index < -0.39 is 0 Å². The molecule has 0 aliphatic rings. The fraction of sp³-hybridized carbons (Fsp3) is 0. The molecule has 0 fully saturated rings. The third kappa shape index (κ3) is 1.17. The van der Waals surface area contributed by atoms with Crippen LogP contribution in [0.1, 0.15) is 0 Å². The van der Waals surface area contributed by atoms with Crippen molar-refractivity contribution in [3.63, 3.8) is 0 Å². The van der Waals surface area contributed by atoms with Crippen molar-refractivity contribution < 1.29 is 0 Å². The van der Waals surface area contributed by atoms with Crippen LogP contribution >= 0.6 is 25.3 Å². The zero-order chi connectivity index (χ0) is 7.72. The maximum atomic E-state index is 5.51. The summed E-state index contributed by atoms with van der Waals surface area (Å²) in [6.07, 6.45) is 0. The molecule has 0 aliphatic heterocycles. The van der Waals surface area contributed by atoms with Gasteiger partial charge in [0.2, 0.25) is 0 Å². The Labute approximate surface area is 70.4 Å². The molecule has 54 valence electrons. The minimum absolute atomic E-state index is 0.600. The zero-order valence-corrected chi connectivity index (χ0v) is 6.99. The zero-order valence-electron chi connectivity index (χ0n) is 5.20. The Bertz CT molecular complexity index is 233. The maximum Gasteiger partial charge on any atom is 0.0462 e. The van der Waals surface area contributed by atoms with Crippen LogP contribution < -0.4 is 11.5 Å². The van der Waals surface area contributed by atoms with Crippen LogP contribution in [-0.4, -0.2) is 0 Å². The number of rotatable bonds is 0. The molecule has 0 bridgehead atoms. The van der Waals surface area contributed by atoms with Crippen molar-refractivity contribution >= 4 is 36.6 Å². The number of nitrogens with two attached hydrogens (primary N) is 2. The molecule has 0 saturated heterocycles. The Kier molecular flexibility index (Phi) is 2.01. The van der Waals surface area contributed by atoms with E-state index in [-0.39, 0.29) is 0 Å². The summed E-state index contributed by atoms with van der Waals surface area (Å²) in [4.78, 5) is 1.28. The van der Waals surface area contributed by atoms with Crippen LogP contribution in [0.2, 0.25) is 0 Å². The molecule has 2 nitrogen and oxygen atoms in total. The Morgan fingerprint density at radius 1 is 0.900 bits per heavy atom. The van der Waals surface area contributed by atoms with Gasteiger partial charge < -0.3 is 11.5 Å². The van der Waals surface area contributed by atoms with Crippen molar-refractivity contribution in [3.05, 3.63) is 12.1 Å². The average molecular weight is 172 g/mol. The third-order valence-electron chi connectivity index (χ3n) is 1.21. The van der Waals surface area contributed by atoms with Crippen molar-refractivity contribution in [1.82, 2.24) is 0 Å². The number of thiol groups is 2. The first-order chi connectivity index (χ1) is 4.63. The summed E-state index contributed by atoms with van der Waals surface area (Å²) in [6, 6.07) is 3.41. The summed E-state index contributed by atoms with van der Waals surface area (Å²) in [5.41, 5.74) is 12.2. The Morgan fingerprint density at radius 2 is 1.20 bits per heavy atom. The molecule has 0 saturated carbocycles. The number of benzene rings is 1. The van der Waals surface area contributed by atoms with E-state index in [2.05, 4.69) is 25.3 Å². The lowest BCUT2D eigenvalue weighted by Gasteiger charge is -2.03. The van der Waals surface area contributed by atoms with Crippen molar-refractivity contribution in [2.75, 3.05) is 11.5 Å². The number of nitrogen functional groups attached to an aromatic ring is 2. The van der Waals surface area contributed by atoms with Crippen LogP contribution in [0.5, 0.6) is 0 Å². The predicted molar refractivity (Wildman–Crippen MR) is 49.8 cm³/mol. The van der Waals surface area contributed by atoms with Gasteiger partial charge in [-0.05, 0) is 12.1 Å². The summed E-state index contributed by atoms with van der Waals surface area (Å²) in [6.45, 7) is 0. The van der Waals surface area contributed by atoms with Crippen molar-refractivity contribution in [2.45, 2.75) is 9.79 Å². The molecule has 10 heavy (non-hydrogen) atoms. The molecule has 1 aromatic rings. The minimum Gasteiger partial charge on any atom is -0.398 e. The van der Waals surface area contributed by atoms with E-state index in [1.54, 1.807) is 12.1 Å². The van der Waals surface area contributed by atoms with Crippen LogP contribution in [0.4, 0.5) is 11.4 Å². The Hall–Kier alpha value is -0.480. The fourth-order valence-corrected chi connectivity index (χ4v) is 1.02. The van der Waals surface area contributed by atoms with Gasteiger partial charge in [0.15, 0.2) is 0 Å². The highest BCUT2D eigenvalue weighted by atomic mass is 32.1. The second kappa shape index (κ2) is 2.64. The third-order valence-corrected chi connectivity index (χ3v) is 2.35. The van der Waals surface area contributed by atoms with Gasteiger partial charge in [-0.2, -0.15) is 0 Å². The Balaban J connectivity index is 3.34. The summed E-state index contributed by atoms with van der Waals surface area (Å²) in [5, 5.41) is 0. The van der Waals surface area contributed by atoms with E-state index in [9.17, 15) is 0 Å². The van der Waals surface area contributed by atoms with Gasteiger partial charge >= 0.3 is 0 Å². The van der Waals surface area contributed by atoms with Gasteiger partial charge in [0, 0.05) is 21.2 Å². The smallest absolute Gasteiger partial charge is 0.0462 e. The second-order valence-corrected chi connectivity index (χ2v) is 2.84. The monoisotopic (exact) mass is 172 g/mol. The quantitative estimate of drug-likeness (QED) is 0.353. The molecule has 0 amide bonds. The normalized spacial score (nSPS) is 9.80. The molecule has 4 N–H and O–H groups in total. The molecule has 4 heteroatoms. The molecule has 0 spiro atoms. The molecular formula is C6H8N2S2. The van der Waals surface area contributed by atoms with E-state index in [0.717, 1.165) is 0 Å². The molecule has 0 aromatic heterocycles. The number of hydrogen-bond acceptors (Lipinski definition) is 4. The van der Waals surface area contributed by atoms with Gasteiger partial charge in [0.05, 0.1) is 0 Å². The van der Waals surface area contributed by atoms with Gasteiger partial charge in [-0.1, -0.05) is 0 Å². The SMILES string of the molecule is Nc1ccc(N)c(S)c1S. The molecule has 0 aliphatic carbocycles. The first-order valence-electron chi connectivity index (χ1n) is 2.69. The van der Waals surface area contributed by atoms with E-state index in [4.69, 9.17) is 11.5 Å². The summed E-state index contributed by atoms with van der Waals surface area (Å²) >= 11 is 8.20. The van der Waals surface area contributed by atoms with Crippen molar-refractivity contribution in [3.8, 4) is 0 Å².